The van der Waals surface area contributed by atoms with Crippen molar-refractivity contribution in [1.82, 2.24) is 14.8 Å². The summed E-state index contributed by atoms with van der Waals surface area (Å²) < 4.78 is 2.04. The van der Waals surface area contributed by atoms with Gasteiger partial charge in [-0.25, -0.2) is 4.98 Å². The van der Waals surface area contributed by atoms with Gasteiger partial charge in [0.1, 0.15) is 5.15 Å². The lowest BCUT2D eigenvalue weighted by Gasteiger charge is -2.45. The van der Waals surface area contributed by atoms with Crippen molar-refractivity contribution < 1.29 is 5.11 Å². The Bertz CT molecular complexity index is 685. The molecular formula is C16H23ClN4O. The van der Waals surface area contributed by atoms with Crippen molar-refractivity contribution in [3.63, 3.8) is 0 Å². The summed E-state index contributed by atoms with van der Waals surface area (Å²) in [5, 5.41) is 16.4. The van der Waals surface area contributed by atoms with E-state index in [-0.39, 0.29) is 5.92 Å². The number of fused-ring (bicyclic) bond motifs is 1. The highest BCUT2D eigenvalue weighted by atomic mass is 35.5. The molecule has 120 valence electrons. The molecule has 0 saturated carbocycles. The fourth-order valence-electron chi connectivity index (χ4n) is 2.83. The van der Waals surface area contributed by atoms with Gasteiger partial charge in [0.05, 0.1) is 16.5 Å². The van der Waals surface area contributed by atoms with Gasteiger partial charge < -0.3 is 10.0 Å². The molecule has 1 aliphatic heterocycles. The number of hydrogen-bond acceptors (Lipinski definition) is 4. The Kier molecular flexibility index (Phi) is 3.81. The summed E-state index contributed by atoms with van der Waals surface area (Å²) in [6, 6.07) is 2.19. The molecule has 1 aliphatic rings. The third-order valence-electron chi connectivity index (χ3n) is 4.73. The predicted octanol–water partition coefficient (Wildman–Crippen LogP) is 3.26. The molecule has 22 heavy (non-hydrogen) atoms. The molecule has 0 amide bonds. The number of aliphatic hydroxyl groups is 1. The first-order chi connectivity index (χ1) is 10.3. The van der Waals surface area contributed by atoms with E-state index in [1.54, 1.807) is 6.20 Å². The maximum atomic E-state index is 10.1. The number of hydrogen-bond donors (Lipinski definition) is 1. The summed E-state index contributed by atoms with van der Waals surface area (Å²) >= 11 is 6.06. The van der Waals surface area contributed by atoms with E-state index in [1.165, 1.54) is 0 Å². The van der Waals surface area contributed by atoms with Gasteiger partial charge in [-0.1, -0.05) is 18.5 Å². The standard InChI is InChI=1S/C16H23ClN4O/c1-5-10(2)21-13-6-14(17)18-7-12(13)15(19-21)20-8-11(9-20)16(3,4)22/h6-7,10-11,22H,5,8-9H2,1-4H3. The molecule has 0 bridgehead atoms. The van der Waals surface area contributed by atoms with Crippen LogP contribution in [0.25, 0.3) is 10.9 Å². The molecular weight excluding hydrogens is 300 g/mol. The average molecular weight is 323 g/mol. The Morgan fingerprint density at radius 3 is 2.73 bits per heavy atom. The van der Waals surface area contributed by atoms with Crippen LogP contribution in [0.3, 0.4) is 0 Å². The van der Waals surface area contributed by atoms with Gasteiger partial charge in [0.15, 0.2) is 5.82 Å². The largest absolute Gasteiger partial charge is 0.390 e. The van der Waals surface area contributed by atoms with Crippen LogP contribution < -0.4 is 4.90 Å². The molecule has 2 aromatic rings. The number of pyridine rings is 1. The van der Waals surface area contributed by atoms with Gasteiger partial charge in [-0.05, 0) is 27.2 Å². The molecule has 1 atom stereocenters. The minimum absolute atomic E-state index is 0.275. The van der Waals surface area contributed by atoms with E-state index >= 15 is 0 Å². The molecule has 1 fully saturated rings. The molecule has 3 rings (SSSR count). The first kappa shape index (κ1) is 15.6. The zero-order valence-corrected chi connectivity index (χ0v) is 14.3. The zero-order chi connectivity index (χ0) is 16.1. The second-order valence-corrected chi connectivity index (χ2v) is 7.19. The third-order valence-corrected chi connectivity index (χ3v) is 4.93. The summed E-state index contributed by atoms with van der Waals surface area (Å²) in [6.45, 7) is 9.67. The Morgan fingerprint density at radius 2 is 2.14 bits per heavy atom. The Balaban J connectivity index is 1.98. The number of aromatic nitrogens is 3. The van der Waals surface area contributed by atoms with Crippen LogP contribution in [-0.4, -0.2) is 38.6 Å². The summed E-state index contributed by atoms with van der Waals surface area (Å²) in [4.78, 5) is 6.42. The summed E-state index contributed by atoms with van der Waals surface area (Å²) in [6.07, 6.45) is 2.80. The summed E-state index contributed by atoms with van der Waals surface area (Å²) in [5.74, 6) is 1.22. The normalized spacial score (nSPS) is 17.8. The minimum atomic E-state index is -0.646. The lowest BCUT2D eigenvalue weighted by molar-refractivity contribution is 0.00441. The average Bonchev–Trinajstić information content (AvgIpc) is 2.73. The van der Waals surface area contributed by atoms with E-state index in [0.717, 1.165) is 36.2 Å². The smallest absolute Gasteiger partial charge is 0.160 e. The van der Waals surface area contributed by atoms with Crippen molar-refractivity contribution in [2.75, 3.05) is 18.0 Å². The molecule has 0 radical (unpaired) electrons. The molecule has 3 heterocycles. The van der Waals surface area contributed by atoms with E-state index < -0.39 is 5.60 Å². The van der Waals surface area contributed by atoms with Gasteiger partial charge in [-0.15, -0.1) is 0 Å². The molecule has 1 saturated heterocycles. The van der Waals surface area contributed by atoms with Crippen molar-refractivity contribution in [2.45, 2.75) is 45.8 Å². The summed E-state index contributed by atoms with van der Waals surface area (Å²) in [7, 11) is 0. The summed E-state index contributed by atoms with van der Waals surface area (Å²) in [5.41, 5.74) is 0.378. The third kappa shape index (κ3) is 2.57. The van der Waals surface area contributed by atoms with Crippen LogP contribution in [0.4, 0.5) is 5.82 Å². The first-order valence-electron chi connectivity index (χ1n) is 7.82. The van der Waals surface area contributed by atoms with E-state index in [9.17, 15) is 5.11 Å². The Hall–Kier alpha value is -1.33. The highest BCUT2D eigenvalue weighted by Gasteiger charge is 2.39. The first-order valence-corrected chi connectivity index (χ1v) is 8.20. The van der Waals surface area contributed by atoms with E-state index in [1.807, 2.05) is 24.6 Å². The molecule has 5 nitrogen and oxygen atoms in total. The van der Waals surface area contributed by atoms with E-state index in [0.29, 0.717) is 11.2 Å². The predicted molar refractivity (Wildman–Crippen MR) is 89.5 cm³/mol. The van der Waals surface area contributed by atoms with Crippen LogP contribution in [0, 0.1) is 5.92 Å². The quantitative estimate of drug-likeness (QED) is 0.878. The monoisotopic (exact) mass is 322 g/mol. The van der Waals surface area contributed by atoms with Gasteiger partial charge in [-0.2, -0.15) is 5.10 Å². The molecule has 1 N–H and O–H groups in total. The molecule has 6 heteroatoms. The zero-order valence-electron chi connectivity index (χ0n) is 13.5. The Labute approximate surface area is 135 Å². The molecule has 0 aliphatic carbocycles. The lowest BCUT2D eigenvalue weighted by Crippen LogP contribution is -2.56. The second-order valence-electron chi connectivity index (χ2n) is 6.81. The second kappa shape index (κ2) is 5.39. The highest BCUT2D eigenvalue weighted by Crippen LogP contribution is 2.36. The van der Waals surface area contributed by atoms with Crippen LogP contribution >= 0.6 is 11.6 Å². The molecule has 0 aromatic carbocycles. The van der Waals surface area contributed by atoms with Crippen molar-refractivity contribution in [2.24, 2.45) is 5.92 Å². The van der Waals surface area contributed by atoms with E-state index in [2.05, 4.69) is 23.7 Å². The molecule has 0 spiro atoms. The van der Waals surface area contributed by atoms with Gasteiger partial charge in [-0.3, -0.25) is 4.68 Å². The maximum absolute atomic E-state index is 10.1. The van der Waals surface area contributed by atoms with Crippen molar-refractivity contribution in [3.8, 4) is 0 Å². The van der Waals surface area contributed by atoms with Crippen molar-refractivity contribution >= 4 is 28.3 Å². The molecule has 1 unspecified atom stereocenters. The Morgan fingerprint density at radius 1 is 1.45 bits per heavy atom. The lowest BCUT2D eigenvalue weighted by atomic mass is 9.84. The SMILES string of the molecule is CCC(C)n1nc(N2CC(C(C)(C)O)C2)c2cnc(Cl)cc21. The number of rotatable bonds is 4. The fourth-order valence-corrected chi connectivity index (χ4v) is 2.98. The van der Waals surface area contributed by atoms with Crippen molar-refractivity contribution in [3.05, 3.63) is 17.4 Å². The topological polar surface area (TPSA) is 54.2 Å². The van der Waals surface area contributed by atoms with Crippen LogP contribution in [0.2, 0.25) is 5.15 Å². The van der Waals surface area contributed by atoms with Gasteiger partial charge >= 0.3 is 0 Å². The van der Waals surface area contributed by atoms with Crippen LogP contribution in [0.15, 0.2) is 12.3 Å². The van der Waals surface area contributed by atoms with Crippen LogP contribution in [-0.2, 0) is 0 Å². The number of anilines is 1. The minimum Gasteiger partial charge on any atom is -0.390 e. The van der Waals surface area contributed by atoms with Crippen LogP contribution in [0.5, 0.6) is 0 Å². The number of nitrogens with zero attached hydrogens (tertiary/aromatic N) is 4. The van der Waals surface area contributed by atoms with Crippen LogP contribution in [0.1, 0.15) is 40.2 Å². The van der Waals surface area contributed by atoms with Crippen molar-refractivity contribution in [1.29, 1.82) is 0 Å². The maximum Gasteiger partial charge on any atom is 0.160 e. The fraction of sp³-hybridized carbons (Fsp3) is 0.625. The van der Waals surface area contributed by atoms with Gasteiger partial charge in [0, 0.05) is 37.3 Å². The van der Waals surface area contributed by atoms with E-state index in [4.69, 9.17) is 16.7 Å². The number of halogens is 1. The molecule has 2 aromatic heterocycles. The van der Waals surface area contributed by atoms with Gasteiger partial charge in [0.25, 0.3) is 0 Å². The van der Waals surface area contributed by atoms with Gasteiger partial charge in [0.2, 0.25) is 0 Å². The highest BCUT2D eigenvalue weighted by molar-refractivity contribution is 6.30.